The zero-order chi connectivity index (χ0) is 13.3. The van der Waals surface area contributed by atoms with Crippen molar-refractivity contribution in [3.05, 3.63) is 35.1 Å². The molecule has 2 rings (SSSR count). The maximum absolute atomic E-state index is 13.4. The van der Waals surface area contributed by atoms with E-state index in [0.29, 0.717) is 31.4 Å². The Morgan fingerprint density at radius 1 is 1.11 bits per heavy atom. The first kappa shape index (κ1) is 12.8. The summed E-state index contributed by atoms with van der Waals surface area (Å²) in [4.78, 5) is 23.2. The number of ketones is 2. The van der Waals surface area contributed by atoms with Crippen LogP contribution in [0.5, 0.6) is 0 Å². The van der Waals surface area contributed by atoms with Crippen molar-refractivity contribution in [3.63, 3.8) is 0 Å². The van der Waals surface area contributed by atoms with E-state index in [-0.39, 0.29) is 12.2 Å². The fourth-order valence-corrected chi connectivity index (χ4v) is 2.18. The van der Waals surface area contributed by atoms with Crippen molar-refractivity contribution in [2.24, 2.45) is 5.92 Å². The Balaban J connectivity index is 2.28. The van der Waals surface area contributed by atoms with Crippen molar-refractivity contribution >= 4 is 11.6 Å². The Morgan fingerprint density at radius 3 is 2.44 bits per heavy atom. The number of carbonyl (C=O) groups excluding carboxylic acids is 2. The van der Waals surface area contributed by atoms with Crippen LogP contribution in [0.25, 0.3) is 0 Å². The largest absolute Gasteiger partial charge is 0.300 e. The molecule has 0 amide bonds. The summed E-state index contributed by atoms with van der Waals surface area (Å²) in [6.45, 7) is 0. The summed E-state index contributed by atoms with van der Waals surface area (Å²) in [6, 6.07) is 0.916. The Morgan fingerprint density at radius 2 is 1.78 bits per heavy atom. The molecule has 96 valence electrons. The van der Waals surface area contributed by atoms with Gasteiger partial charge in [-0.15, -0.1) is 0 Å². The van der Waals surface area contributed by atoms with E-state index < -0.39 is 34.7 Å². The molecule has 1 aliphatic rings. The number of benzene rings is 1. The molecule has 18 heavy (non-hydrogen) atoms. The third-order valence-corrected chi connectivity index (χ3v) is 3.13. The fraction of sp³-hybridized carbons (Fsp3) is 0.385. The van der Waals surface area contributed by atoms with Gasteiger partial charge in [-0.1, -0.05) is 0 Å². The van der Waals surface area contributed by atoms with Crippen LogP contribution in [0.2, 0.25) is 0 Å². The van der Waals surface area contributed by atoms with Crippen LogP contribution < -0.4 is 0 Å². The second kappa shape index (κ2) is 4.92. The number of Topliss-reactive ketones (excluding diaryl/α,β-unsaturated/α-hetero) is 2. The minimum atomic E-state index is -1.33. The van der Waals surface area contributed by atoms with Crippen molar-refractivity contribution in [1.29, 1.82) is 0 Å². The Hall–Kier alpha value is -1.65. The van der Waals surface area contributed by atoms with Crippen LogP contribution in [0.4, 0.5) is 13.2 Å². The van der Waals surface area contributed by atoms with E-state index in [0.717, 1.165) is 0 Å². The van der Waals surface area contributed by atoms with Crippen LogP contribution in [0, 0.1) is 23.4 Å². The molecule has 1 unspecified atom stereocenters. The molecule has 0 spiro atoms. The molecule has 0 radical (unpaired) electrons. The smallest absolute Gasteiger partial charge is 0.169 e. The molecule has 0 saturated heterocycles. The Labute approximate surface area is 102 Å². The van der Waals surface area contributed by atoms with Gasteiger partial charge in [-0.3, -0.25) is 9.59 Å². The number of carbonyl (C=O) groups is 2. The molecule has 2 nitrogen and oxygen atoms in total. The van der Waals surface area contributed by atoms with Crippen molar-refractivity contribution in [3.8, 4) is 0 Å². The van der Waals surface area contributed by atoms with Gasteiger partial charge < -0.3 is 0 Å². The summed E-state index contributed by atoms with van der Waals surface area (Å²) in [6.07, 6.45) is 1.52. The maximum atomic E-state index is 13.4. The highest BCUT2D eigenvalue weighted by atomic mass is 19.2. The van der Waals surface area contributed by atoms with Gasteiger partial charge in [-0.2, -0.15) is 0 Å². The quantitative estimate of drug-likeness (QED) is 0.602. The van der Waals surface area contributed by atoms with Gasteiger partial charge in [0.1, 0.15) is 11.6 Å². The van der Waals surface area contributed by atoms with E-state index in [1.54, 1.807) is 0 Å². The number of halogens is 3. The molecule has 1 fully saturated rings. The molecular weight excluding hydrogens is 245 g/mol. The lowest BCUT2D eigenvalue weighted by molar-refractivity contribution is -0.121. The summed E-state index contributed by atoms with van der Waals surface area (Å²) in [5.74, 6) is -4.98. The predicted molar refractivity (Wildman–Crippen MR) is 57.6 cm³/mol. The average Bonchev–Trinajstić information content (AvgIpc) is 2.33. The lowest BCUT2D eigenvalue weighted by Gasteiger charge is -2.19. The van der Waals surface area contributed by atoms with Gasteiger partial charge in [-0.05, 0) is 18.9 Å². The fourth-order valence-electron chi connectivity index (χ4n) is 2.18. The normalized spacial score (nSPS) is 19.9. The number of hydrogen-bond donors (Lipinski definition) is 0. The van der Waals surface area contributed by atoms with Gasteiger partial charge in [-0.25, -0.2) is 13.2 Å². The van der Waals surface area contributed by atoms with Crippen LogP contribution in [0.15, 0.2) is 12.1 Å². The number of hydrogen-bond acceptors (Lipinski definition) is 2. The molecule has 1 aliphatic carbocycles. The Bertz CT molecular complexity index is 511. The second-order valence-corrected chi connectivity index (χ2v) is 4.44. The van der Waals surface area contributed by atoms with Gasteiger partial charge in [0.2, 0.25) is 0 Å². The second-order valence-electron chi connectivity index (χ2n) is 4.44. The van der Waals surface area contributed by atoms with Crippen molar-refractivity contribution in [1.82, 2.24) is 0 Å². The van der Waals surface area contributed by atoms with E-state index in [4.69, 9.17) is 0 Å². The lowest BCUT2D eigenvalue weighted by atomic mass is 9.83. The highest BCUT2D eigenvalue weighted by Crippen LogP contribution is 2.26. The SMILES string of the molecule is O=C1CCCC(C(=O)c2cc(F)c(F)cc2F)C1. The zero-order valence-electron chi connectivity index (χ0n) is 9.51. The molecule has 0 aromatic heterocycles. The standard InChI is InChI=1S/C13H11F3O2/c14-10-6-12(16)11(15)5-9(10)13(18)7-2-1-3-8(17)4-7/h5-7H,1-4H2. The molecule has 1 aromatic rings. The molecule has 0 N–H and O–H groups in total. The summed E-state index contributed by atoms with van der Waals surface area (Å²) in [5, 5.41) is 0. The Kier molecular flexibility index (Phi) is 3.50. The first-order valence-corrected chi connectivity index (χ1v) is 5.69. The molecule has 0 aliphatic heterocycles. The van der Waals surface area contributed by atoms with Crippen LogP contribution in [-0.2, 0) is 4.79 Å². The first-order valence-electron chi connectivity index (χ1n) is 5.69. The van der Waals surface area contributed by atoms with Crippen molar-refractivity contribution in [2.45, 2.75) is 25.7 Å². The highest BCUT2D eigenvalue weighted by molar-refractivity contribution is 6.00. The summed E-state index contributed by atoms with van der Waals surface area (Å²) >= 11 is 0. The molecule has 0 heterocycles. The average molecular weight is 256 g/mol. The van der Waals surface area contributed by atoms with Crippen LogP contribution in [0.1, 0.15) is 36.0 Å². The summed E-state index contributed by atoms with van der Waals surface area (Å²) in [7, 11) is 0. The third kappa shape index (κ3) is 2.44. The van der Waals surface area contributed by atoms with Gasteiger partial charge in [0.05, 0.1) is 5.56 Å². The van der Waals surface area contributed by atoms with Gasteiger partial charge in [0, 0.05) is 24.8 Å². The number of rotatable bonds is 2. The van der Waals surface area contributed by atoms with E-state index in [2.05, 4.69) is 0 Å². The zero-order valence-corrected chi connectivity index (χ0v) is 9.51. The predicted octanol–water partition coefficient (Wildman–Crippen LogP) is 3.05. The van der Waals surface area contributed by atoms with Gasteiger partial charge in [0.15, 0.2) is 17.4 Å². The van der Waals surface area contributed by atoms with E-state index in [1.807, 2.05) is 0 Å². The minimum absolute atomic E-state index is 0.0528. The highest BCUT2D eigenvalue weighted by Gasteiger charge is 2.28. The summed E-state index contributed by atoms with van der Waals surface area (Å²) < 4.78 is 39.2. The summed E-state index contributed by atoms with van der Waals surface area (Å²) in [5.41, 5.74) is -0.478. The van der Waals surface area contributed by atoms with E-state index in [1.165, 1.54) is 0 Å². The molecule has 5 heteroatoms. The first-order chi connectivity index (χ1) is 8.49. The van der Waals surface area contributed by atoms with Crippen LogP contribution in [-0.4, -0.2) is 11.6 Å². The van der Waals surface area contributed by atoms with Crippen molar-refractivity contribution < 1.29 is 22.8 Å². The lowest BCUT2D eigenvalue weighted by Crippen LogP contribution is -2.24. The molecule has 1 atom stereocenters. The maximum Gasteiger partial charge on any atom is 0.169 e. The molecule has 0 bridgehead atoms. The van der Waals surface area contributed by atoms with Crippen LogP contribution in [0.3, 0.4) is 0 Å². The van der Waals surface area contributed by atoms with E-state index in [9.17, 15) is 22.8 Å². The molecule has 1 aromatic carbocycles. The van der Waals surface area contributed by atoms with Crippen molar-refractivity contribution in [2.75, 3.05) is 0 Å². The molecule has 1 saturated carbocycles. The van der Waals surface area contributed by atoms with Gasteiger partial charge in [0.25, 0.3) is 0 Å². The topological polar surface area (TPSA) is 34.1 Å². The molecular formula is C13H11F3O2. The monoisotopic (exact) mass is 256 g/mol. The minimum Gasteiger partial charge on any atom is -0.300 e. The van der Waals surface area contributed by atoms with Crippen LogP contribution >= 0.6 is 0 Å². The third-order valence-electron chi connectivity index (χ3n) is 3.13. The van der Waals surface area contributed by atoms with Gasteiger partial charge >= 0.3 is 0 Å². The van der Waals surface area contributed by atoms with E-state index >= 15 is 0 Å².